The third-order valence-electron chi connectivity index (χ3n) is 5.92. The Morgan fingerprint density at radius 1 is 1.11 bits per heavy atom. The number of nitrogens with zero attached hydrogens (tertiary/aromatic N) is 3. The van der Waals surface area contributed by atoms with Gasteiger partial charge in [-0.1, -0.05) is 30.3 Å². The van der Waals surface area contributed by atoms with Gasteiger partial charge in [-0.25, -0.2) is 26.9 Å². The van der Waals surface area contributed by atoms with Gasteiger partial charge in [0.1, 0.15) is 17.2 Å². The molecule has 0 spiro atoms. The van der Waals surface area contributed by atoms with Crippen molar-refractivity contribution in [3.8, 4) is 11.1 Å². The molecule has 4 aromatic rings. The molecule has 1 N–H and O–H groups in total. The number of fused-ring (bicyclic) bond motifs is 1. The summed E-state index contributed by atoms with van der Waals surface area (Å²) in [6.45, 7) is 0.532. The van der Waals surface area contributed by atoms with Crippen LogP contribution in [0.1, 0.15) is 41.5 Å². The van der Waals surface area contributed by atoms with E-state index in [2.05, 4.69) is 10.1 Å². The predicted molar refractivity (Wildman–Crippen MR) is 130 cm³/mol. The number of benzene rings is 2. The number of nitrogens with one attached hydrogen (secondary N) is 1. The van der Waals surface area contributed by atoms with Crippen molar-refractivity contribution < 1.29 is 26.7 Å². The maximum atomic E-state index is 15.2. The summed E-state index contributed by atoms with van der Waals surface area (Å²) in [5.74, 6) is -3.31. The highest BCUT2D eigenvalue weighted by Gasteiger charge is 2.29. The Morgan fingerprint density at radius 2 is 1.89 bits per heavy atom. The van der Waals surface area contributed by atoms with E-state index in [0.29, 0.717) is 24.1 Å². The van der Waals surface area contributed by atoms with E-state index in [1.54, 1.807) is 17.0 Å². The number of anilines is 1. The monoisotopic (exact) mass is 512 g/mol. The summed E-state index contributed by atoms with van der Waals surface area (Å²) in [6, 6.07) is 12.9. The minimum Gasteiger partial charge on any atom is -0.356 e. The van der Waals surface area contributed by atoms with Gasteiger partial charge in [0, 0.05) is 18.4 Å². The minimum atomic E-state index is -4.00. The third kappa shape index (κ3) is 4.59. The number of carbonyl (C=O) groups excluding carboxylic acids is 1. The minimum absolute atomic E-state index is 0.0970. The van der Waals surface area contributed by atoms with Gasteiger partial charge in [0.05, 0.1) is 17.2 Å². The summed E-state index contributed by atoms with van der Waals surface area (Å²) in [5, 5.41) is 4.84. The van der Waals surface area contributed by atoms with Crippen LogP contribution in [0.2, 0.25) is 0 Å². The molecule has 2 aromatic heterocycles. The molecule has 0 bridgehead atoms. The predicted octanol–water partition coefficient (Wildman–Crippen LogP) is 4.68. The molecule has 2 aromatic carbocycles. The summed E-state index contributed by atoms with van der Waals surface area (Å²) >= 11 is 0. The van der Waals surface area contributed by atoms with Crippen LogP contribution in [-0.4, -0.2) is 41.8 Å². The fourth-order valence-corrected chi connectivity index (χ4v) is 4.79. The zero-order valence-electron chi connectivity index (χ0n) is 19.2. The number of sulfonamides is 1. The average Bonchev–Trinajstić information content (AvgIpc) is 3.26. The summed E-state index contributed by atoms with van der Waals surface area (Å²) in [4.78, 5) is 18.1. The van der Waals surface area contributed by atoms with Crippen molar-refractivity contribution in [3.63, 3.8) is 0 Å². The molecule has 1 atom stereocenters. The number of aromatic nitrogens is 3. The van der Waals surface area contributed by atoms with Crippen LogP contribution in [0.3, 0.4) is 0 Å². The van der Waals surface area contributed by atoms with E-state index in [1.807, 2.05) is 30.3 Å². The molecular formula is C25H22F2N4O4S. The molecule has 1 saturated heterocycles. The van der Waals surface area contributed by atoms with Gasteiger partial charge >= 0.3 is 0 Å². The number of ether oxygens (including phenoxy) is 1. The summed E-state index contributed by atoms with van der Waals surface area (Å²) < 4.78 is 61.9. The van der Waals surface area contributed by atoms with Gasteiger partial charge in [0.15, 0.2) is 17.7 Å². The second-order valence-electron chi connectivity index (χ2n) is 8.56. The Hall–Kier alpha value is -3.70. The topological polar surface area (TPSA) is 103 Å². The fourth-order valence-electron chi connectivity index (χ4n) is 4.23. The van der Waals surface area contributed by atoms with Crippen molar-refractivity contribution in [2.45, 2.75) is 25.5 Å². The van der Waals surface area contributed by atoms with Crippen LogP contribution in [0.5, 0.6) is 0 Å². The van der Waals surface area contributed by atoms with Crippen molar-refractivity contribution in [1.29, 1.82) is 0 Å². The Labute approximate surface area is 206 Å². The lowest BCUT2D eigenvalue weighted by Gasteiger charge is -2.23. The Balaban J connectivity index is 1.67. The van der Waals surface area contributed by atoms with Crippen molar-refractivity contribution in [2.24, 2.45) is 0 Å². The Bertz CT molecular complexity index is 1570. The van der Waals surface area contributed by atoms with Crippen LogP contribution >= 0.6 is 0 Å². The third-order valence-corrected chi connectivity index (χ3v) is 6.50. The molecule has 5 rings (SSSR count). The molecular weight excluding hydrogens is 490 g/mol. The summed E-state index contributed by atoms with van der Waals surface area (Å²) in [6.07, 6.45) is 4.46. The highest BCUT2D eigenvalue weighted by Crippen LogP contribution is 2.32. The van der Waals surface area contributed by atoms with Gasteiger partial charge in [-0.2, -0.15) is 5.10 Å². The maximum Gasteiger partial charge on any atom is 0.230 e. The maximum absolute atomic E-state index is 15.2. The molecule has 8 nitrogen and oxygen atoms in total. The van der Waals surface area contributed by atoms with Crippen LogP contribution in [0.15, 0.2) is 54.7 Å². The molecule has 0 radical (unpaired) electrons. The quantitative estimate of drug-likeness (QED) is 0.377. The number of rotatable bonds is 6. The van der Waals surface area contributed by atoms with Gasteiger partial charge < -0.3 is 4.74 Å². The fraction of sp³-hybridized carbons (Fsp3) is 0.240. The van der Waals surface area contributed by atoms with E-state index < -0.39 is 44.9 Å². The molecule has 186 valence electrons. The van der Waals surface area contributed by atoms with Crippen LogP contribution in [0.4, 0.5) is 14.5 Å². The molecule has 0 aliphatic carbocycles. The molecule has 1 fully saturated rings. The SMILES string of the molecule is CS(=O)(=O)Nc1c(F)ccc(C(=O)c2nn(C3CCCCO3)c3ncc(-c4ccccc4)cc23)c1F. The van der Waals surface area contributed by atoms with Gasteiger partial charge in [-0.15, -0.1) is 0 Å². The van der Waals surface area contributed by atoms with E-state index >= 15 is 4.39 Å². The first kappa shape index (κ1) is 24.0. The van der Waals surface area contributed by atoms with E-state index in [9.17, 15) is 17.6 Å². The number of pyridine rings is 1. The normalized spacial score (nSPS) is 16.2. The first-order valence-corrected chi connectivity index (χ1v) is 13.2. The van der Waals surface area contributed by atoms with E-state index in [1.165, 1.54) is 4.68 Å². The van der Waals surface area contributed by atoms with Crippen molar-refractivity contribution in [2.75, 3.05) is 17.6 Å². The van der Waals surface area contributed by atoms with Gasteiger partial charge in [-0.05, 0) is 43.0 Å². The Morgan fingerprint density at radius 3 is 2.58 bits per heavy atom. The molecule has 36 heavy (non-hydrogen) atoms. The zero-order chi connectivity index (χ0) is 25.4. The van der Waals surface area contributed by atoms with Crippen LogP contribution in [0.25, 0.3) is 22.2 Å². The lowest BCUT2D eigenvalue weighted by atomic mass is 10.0. The zero-order valence-corrected chi connectivity index (χ0v) is 20.1. The number of ketones is 1. The number of carbonyl (C=O) groups is 1. The largest absolute Gasteiger partial charge is 0.356 e. The highest BCUT2D eigenvalue weighted by molar-refractivity contribution is 7.92. The first-order valence-electron chi connectivity index (χ1n) is 11.3. The van der Waals surface area contributed by atoms with Crippen molar-refractivity contribution in [1.82, 2.24) is 14.8 Å². The molecule has 11 heteroatoms. The molecule has 1 unspecified atom stereocenters. The molecule has 0 saturated carbocycles. The van der Waals surface area contributed by atoms with Gasteiger partial charge in [-0.3, -0.25) is 9.52 Å². The van der Waals surface area contributed by atoms with Crippen molar-refractivity contribution in [3.05, 3.63) is 77.6 Å². The lowest BCUT2D eigenvalue weighted by molar-refractivity contribution is -0.0371. The highest BCUT2D eigenvalue weighted by atomic mass is 32.2. The number of halogens is 2. The number of hydrogen-bond donors (Lipinski definition) is 1. The smallest absolute Gasteiger partial charge is 0.230 e. The second kappa shape index (κ2) is 9.40. The van der Waals surface area contributed by atoms with Crippen LogP contribution in [0, 0.1) is 11.6 Å². The first-order chi connectivity index (χ1) is 17.2. The lowest BCUT2D eigenvalue weighted by Crippen LogP contribution is -2.20. The second-order valence-corrected chi connectivity index (χ2v) is 10.3. The van der Waals surface area contributed by atoms with Gasteiger partial charge in [0.2, 0.25) is 15.8 Å². The molecule has 0 amide bonds. The molecule has 1 aliphatic heterocycles. The molecule has 3 heterocycles. The van der Waals surface area contributed by atoms with Crippen LogP contribution < -0.4 is 4.72 Å². The van der Waals surface area contributed by atoms with Crippen LogP contribution in [-0.2, 0) is 14.8 Å². The van der Waals surface area contributed by atoms with E-state index in [0.717, 1.165) is 42.4 Å². The number of hydrogen-bond acceptors (Lipinski definition) is 6. The molecule has 1 aliphatic rings. The summed E-state index contributed by atoms with van der Waals surface area (Å²) in [5.41, 5.74) is 0.427. The van der Waals surface area contributed by atoms with E-state index in [4.69, 9.17) is 4.74 Å². The van der Waals surface area contributed by atoms with E-state index in [-0.39, 0.29) is 5.69 Å². The van der Waals surface area contributed by atoms with Crippen molar-refractivity contribution >= 4 is 32.5 Å². The standard InChI is InChI=1S/C25H22F2N4O4S/c1-36(33,34)30-23-19(26)11-10-17(21(23)27)24(32)22-18-13-16(15-7-3-2-4-8-15)14-28-25(18)31(29-22)20-9-5-6-12-35-20/h2-4,7-8,10-11,13-14,20,30H,5-6,9,12H2,1H3. The van der Waals surface area contributed by atoms with Gasteiger partial charge in [0.25, 0.3) is 0 Å². The Kier molecular flexibility index (Phi) is 6.27. The summed E-state index contributed by atoms with van der Waals surface area (Å²) in [7, 11) is -4.00. The average molecular weight is 513 g/mol.